The number of hydrogen-bond acceptors (Lipinski definition) is 6. The number of methoxy groups -OCH3 is 1. The molecule has 0 heterocycles. The summed E-state index contributed by atoms with van der Waals surface area (Å²) in [5.74, 6) is -1.07. The number of benzene rings is 3. The average molecular weight is 466 g/mol. The number of nitrogens with one attached hydrogen (secondary N) is 1. The maximum absolute atomic E-state index is 13.3. The summed E-state index contributed by atoms with van der Waals surface area (Å²) in [5.41, 5.74) is 4.49. The minimum absolute atomic E-state index is 0.0789. The molecule has 1 N–H and O–H groups in total. The summed E-state index contributed by atoms with van der Waals surface area (Å²) in [4.78, 5) is 24.2. The lowest BCUT2D eigenvalue weighted by Gasteiger charge is -2.25. The van der Waals surface area contributed by atoms with Gasteiger partial charge in [0.25, 0.3) is 15.9 Å². The number of carbonyl (C=O) groups is 2. The van der Waals surface area contributed by atoms with Crippen molar-refractivity contribution in [3.63, 3.8) is 0 Å². The Balaban J connectivity index is 1.78. The number of hydrogen-bond donors (Lipinski definition) is 1. The topological polar surface area (TPSA) is 105 Å². The molecule has 8 nitrogen and oxygen atoms in total. The molecule has 0 spiro atoms. The molecule has 0 aliphatic rings. The summed E-state index contributed by atoms with van der Waals surface area (Å²) >= 11 is 0. The molecule has 0 unspecified atom stereocenters. The molecule has 0 aliphatic heterocycles. The molecule has 33 heavy (non-hydrogen) atoms. The SMILES string of the molecule is COC(=O)c1ccc(/C=N\NC(=O)CN(c2ccccc2C)S(=O)(=O)c2ccccc2)cc1. The zero-order chi connectivity index (χ0) is 23.8. The molecule has 0 fully saturated rings. The lowest BCUT2D eigenvalue weighted by Crippen LogP contribution is -2.40. The second kappa shape index (κ2) is 10.6. The predicted molar refractivity (Wildman–Crippen MR) is 126 cm³/mol. The summed E-state index contributed by atoms with van der Waals surface area (Å²) in [6.45, 7) is 1.32. The lowest BCUT2D eigenvalue weighted by molar-refractivity contribution is -0.119. The fourth-order valence-electron chi connectivity index (χ4n) is 3.03. The van der Waals surface area contributed by atoms with Gasteiger partial charge in [0.15, 0.2) is 0 Å². The third-order valence-electron chi connectivity index (χ3n) is 4.74. The molecular weight excluding hydrogens is 442 g/mol. The zero-order valence-electron chi connectivity index (χ0n) is 18.1. The van der Waals surface area contributed by atoms with Crippen LogP contribution in [0.1, 0.15) is 21.5 Å². The van der Waals surface area contributed by atoms with Gasteiger partial charge in [-0.25, -0.2) is 18.6 Å². The summed E-state index contributed by atoms with van der Waals surface area (Å²) in [6, 6.07) is 21.3. The highest BCUT2D eigenvalue weighted by molar-refractivity contribution is 7.92. The molecule has 0 saturated heterocycles. The molecule has 3 rings (SSSR count). The van der Waals surface area contributed by atoms with Crippen molar-refractivity contribution in [3.05, 3.63) is 95.6 Å². The van der Waals surface area contributed by atoms with Crippen LogP contribution in [0, 0.1) is 6.92 Å². The highest BCUT2D eigenvalue weighted by Crippen LogP contribution is 2.26. The molecular formula is C24H23N3O5S. The Morgan fingerprint density at radius 2 is 1.61 bits per heavy atom. The molecule has 170 valence electrons. The number of hydrazone groups is 1. The fraction of sp³-hybridized carbons (Fsp3) is 0.125. The number of nitrogens with zero attached hydrogens (tertiary/aromatic N) is 2. The minimum atomic E-state index is -3.99. The van der Waals surface area contributed by atoms with Gasteiger partial charge in [0.2, 0.25) is 0 Å². The Morgan fingerprint density at radius 1 is 0.970 bits per heavy atom. The number of sulfonamides is 1. The third kappa shape index (κ3) is 5.83. The number of rotatable bonds is 8. The summed E-state index contributed by atoms with van der Waals surface area (Å²) in [5, 5.41) is 3.90. The second-order valence-electron chi connectivity index (χ2n) is 7.02. The smallest absolute Gasteiger partial charge is 0.337 e. The Kier molecular flexibility index (Phi) is 7.57. The quantitative estimate of drug-likeness (QED) is 0.313. The van der Waals surface area contributed by atoms with Crippen LogP contribution in [-0.2, 0) is 19.6 Å². The number of esters is 1. The standard InChI is InChI=1S/C24H23N3O5S/c1-18-8-6-7-11-22(18)27(33(30,31)21-9-4-3-5-10-21)17-23(28)26-25-16-19-12-14-20(15-13-19)24(29)32-2/h3-16H,17H2,1-2H3,(H,26,28)/b25-16-. The van der Waals surface area contributed by atoms with Crippen molar-refractivity contribution in [1.82, 2.24) is 5.43 Å². The summed E-state index contributed by atoms with van der Waals surface area (Å²) in [7, 11) is -2.69. The van der Waals surface area contributed by atoms with Gasteiger partial charge in [-0.1, -0.05) is 48.5 Å². The first-order chi connectivity index (χ1) is 15.8. The van der Waals surface area contributed by atoms with Gasteiger partial charge in [-0.15, -0.1) is 0 Å². The van der Waals surface area contributed by atoms with Crippen LogP contribution in [0.25, 0.3) is 0 Å². The average Bonchev–Trinajstić information content (AvgIpc) is 2.83. The van der Waals surface area contributed by atoms with Crippen LogP contribution in [0.4, 0.5) is 5.69 Å². The van der Waals surface area contributed by atoms with E-state index in [1.807, 2.05) is 0 Å². The number of para-hydroxylation sites is 1. The maximum Gasteiger partial charge on any atom is 0.337 e. The van der Waals surface area contributed by atoms with Crippen molar-refractivity contribution in [2.75, 3.05) is 18.0 Å². The van der Waals surface area contributed by atoms with E-state index in [1.165, 1.54) is 25.5 Å². The monoisotopic (exact) mass is 465 g/mol. The van der Waals surface area contributed by atoms with E-state index in [0.717, 1.165) is 4.31 Å². The lowest BCUT2D eigenvalue weighted by atomic mass is 10.1. The summed E-state index contributed by atoms with van der Waals surface area (Å²) < 4.78 is 32.3. The van der Waals surface area contributed by atoms with Crippen LogP contribution in [0.2, 0.25) is 0 Å². The number of carbonyl (C=O) groups excluding carboxylic acids is 2. The van der Waals surface area contributed by atoms with Crippen LogP contribution >= 0.6 is 0 Å². The normalized spacial score (nSPS) is 11.2. The van der Waals surface area contributed by atoms with E-state index < -0.39 is 28.4 Å². The van der Waals surface area contributed by atoms with Gasteiger partial charge >= 0.3 is 5.97 Å². The summed E-state index contributed by atoms with van der Waals surface area (Å²) in [6.07, 6.45) is 1.39. The van der Waals surface area contributed by atoms with Crippen molar-refractivity contribution < 1.29 is 22.7 Å². The van der Waals surface area contributed by atoms with E-state index in [0.29, 0.717) is 22.4 Å². The molecule has 9 heteroatoms. The largest absolute Gasteiger partial charge is 0.465 e. The van der Waals surface area contributed by atoms with Gasteiger partial charge < -0.3 is 4.74 Å². The highest BCUT2D eigenvalue weighted by atomic mass is 32.2. The van der Waals surface area contributed by atoms with Crippen LogP contribution < -0.4 is 9.73 Å². The number of aryl methyl sites for hydroxylation is 1. The van der Waals surface area contributed by atoms with Crippen molar-refractivity contribution in [3.8, 4) is 0 Å². The fourth-order valence-corrected chi connectivity index (χ4v) is 4.54. The van der Waals surface area contributed by atoms with Crippen LogP contribution in [0.3, 0.4) is 0 Å². The Hall–Kier alpha value is -3.98. The van der Waals surface area contributed by atoms with Crippen molar-refractivity contribution in [2.45, 2.75) is 11.8 Å². The van der Waals surface area contributed by atoms with Gasteiger partial charge in [-0.2, -0.15) is 5.10 Å². The molecule has 0 atom stereocenters. The molecule has 0 aromatic heterocycles. The van der Waals surface area contributed by atoms with Gasteiger partial charge in [-0.05, 0) is 48.4 Å². The molecule has 1 amide bonds. The van der Waals surface area contributed by atoms with Gasteiger partial charge in [-0.3, -0.25) is 9.10 Å². The van der Waals surface area contributed by atoms with E-state index in [-0.39, 0.29) is 4.90 Å². The predicted octanol–water partition coefficient (Wildman–Crippen LogP) is 3.13. The molecule has 0 saturated carbocycles. The van der Waals surface area contributed by atoms with Crippen LogP contribution in [0.15, 0.2) is 88.9 Å². The third-order valence-corrected chi connectivity index (χ3v) is 6.51. The van der Waals surface area contributed by atoms with E-state index in [4.69, 9.17) is 0 Å². The van der Waals surface area contributed by atoms with Gasteiger partial charge in [0.05, 0.1) is 29.5 Å². The molecule has 0 bridgehead atoms. The molecule has 0 radical (unpaired) electrons. The Bertz CT molecular complexity index is 1260. The van der Waals surface area contributed by atoms with E-state index >= 15 is 0 Å². The van der Waals surface area contributed by atoms with E-state index in [2.05, 4.69) is 15.3 Å². The Labute approximate surface area is 192 Å². The van der Waals surface area contributed by atoms with Crippen molar-refractivity contribution in [1.29, 1.82) is 0 Å². The first kappa shape index (κ1) is 23.7. The Morgan fingerprint density at radius 3 is 2.24 bits per heavy atom. The maximum atomic E-state index is 13.3. The second-order valence-corrected chi connectivity index (χ2v) is 8.88. The molecule has 3 aromatic rings. The van der Waals surface area contributed by atoms with Gasteiger partial charge in [0.1, 0.15) is 6.54 Å². The zero-order valence-corrected chi connectivity index (χ0v) is 19.0. The van der Waals surface area contributed by atoms with Crippen molar-refractivity contribution >= 4 is 33.8 Å². The molecule has 0 aliphatic carbocycles. The minimum Gasteiger partial charge on any atom is -0.465 e. The van der Waals surface area contributed by atoms with Crippen molar-refractivity contribution in [2.24, 2.45) is 5.10 Å². The first-order valence-corrected chi connectivity index (χ1v) is 11.4. The van der Waals surface area contributed by atoms with Gasteiger partial charge in [0, 0.05) is 0 Å². The van der Waals surface area contributed by atoms with E-state index in [1.54, 1.807) is 73.7 Å². The number of anilines is 1. The highest BCUT2D eigenvalue weighted by Gasteiger charge is 2.27. The van der Waals surface area contributed by atoms with E-state index in [9.17, 15) is 18.0 Å². The van der Waals surface area contributed by atoms with Crippen LogP contribution in [-0.4, -0.2) is 40.2 Å². The molecule has 3 aromatic carbocycles. The number of amides is 1. The first-order valence-electron chi connectivity index (χ1n) is 9.96. The number of ether oxygens (including phenoxy) is 1. The van der Waals surface area contributed by atoms with Crippen LogP contribution in [0.5, 0.6) is 0 Å².